The van der Waals surface area contributed by atoms with Crippen LogP contribution in [0.1, 0.15) is 23.3 Å². The normalized spacial score (nSPS) is 17.9. The molecule has 0 saturated carbocycles. The predicted molar refractivity (Wildman–Crippen MR) is 161 cm³/mol. The number of nitrogens with zero attached hydrogens (tertiary/aromatic N) is 2. The molecule has 0 amide bonds. The van der Waals surface area contributed by atoms with Gasteiger partial charge in [-0.1, -0.05) is 103 Å². The third kappa shape index (κ3) is 3.07. The summed E-state index contributed by atoms with van der Waals surface area (Å²) in [6.07, 6.45) is 0. The molecule has 2 aromatic heterocycles. The fourth-order valence-electron chi connectivity index (χ4n) is 4.96. The lowest BCUT2D eigenvalue weighted by molar-refractivity contribution is 1.15. The Morgan fingerprint density at radius 1 is 0.421 bits per heavy atom. The Labute approximate surface area is 244 Å². The van der Waals surface area contributed by atoms with Crippen LogP contribution in [0.4, 0.5) is 0 Å². The predicted octanol–water partition coefficient (Wildman–Crippen LogP) is 9.55. The van der Waals surface area contributed by atoms with E-state index in [9.17, 15) is 1.37 Å². The van der Waals surface area contributed by atoms with Crippen molar-refractivity contribution in [3.63, 3.8) is 0 Å². The highest BCUT2D eigenvalue weighted by molar-refractivity contribution is 6.12. The van der Waals surface area contributed by atoms with Gasteiger partial charge in [-0.25, -0.2) is 0 Å². The van der Waals surface area contributed by atoms with Crippen molar-refractivity contribution < 1.29 is 23.3 Å². The molecule has 178 valence electrons. The molecule has 2 nitrogen and oxygen atoms in total. The lowest BCUT2D eigenvalue weighted by Gasteiger charge is -2.12. The van der Waals surface area contributed by atoms with Crippen molar-refractivity contribution >= 4 is 43.6 Å². The van der Waals surface area contributed by atoms with Crippen LogP contribution in [0.15, 0.2) is 145 Å². The second kappa shape index (κ2) is 8.22. The van der Waals surface area contributed by atoms with Crippen molar-refractivity contribution in [1.82, 2.24) is 9.13 Å². The molecule has 0 aliphatic carbocycles. The number of benzene rings is 6. The SMILES string of the molecule is [2H]c1c([2H])c([2H])c(-c2c([2H])c([2H])c([2H])c(-n3c4ccccc4c4ccc(-n5c6c([2H])c([2H])c([2H])c([2H])c6c6c([2H])c([2H])c([2H])c([2H])c65)cc43)c2[2H])c([2H])c1[2H]. The fourth-order valence-corrected chi connectivity index (χ4v) is 4.96. The number of hydrogen-bond acceptors (Lipinski definition) is 0. The van der Waals surface area contributed by atoms with Gasteiger partial charge in [-0.15, -0.1) is 0 Å². The molecule has 0 aliphatic rings. The first kappa shape index (κ1) is 10.4. The number of fused-ring (bicyclic) bond motifs is 6. The minimum Gasteiger partial charge on any atom is -0.309 e. The molecule has 8 aromatic rings. The maximum atomic E-state index is 9.42. The molecule has 0 saturated heterocycles. The van der Waals surface area contributed by atoms with Crippen molar-refractivity contribution in [1.29, 1.82) is 0 Å². The minimum absolute atomic E-state index is 0.118. The zero-order valence-corrected chi connectivity index (χ0v) is 19.4. The van der Waals surface area contributed by atoms with Crippen LogP contribution in [0.25, 0.3) is 66.1 Å². The minimum atomic E-state index is -0.707. The van der Waals surface area contributed by atoms with Crippen LogP contribution in [0.5, 0.6) is 0 Å². The zero-order valence-electron chi connectivity index (χ0n) is 36.4. The molecule has 6 aromatic carbocycles. The lowest BCUT2D eigenvalue weighted by Crippen LogP contribution is -1.97. The molecule has 8 rings (SSSR count). The highest BCUT2D eigenvalue weighted by atomic mass is 15.0. The van der Waals surface area contributed by atoms with Crippen LogP contribution in [0.3, 0.4) is 0 Å². The molecule has 0 aliphatic heterocycles. The maximum absolute atomic E-state index is 9.42. The first-order valence-electron chi connectivity index (χ1n) is 20.2. The Balaban J connectivity index is 1.56. The van der Waals surface area contributed by atoms with E-state index in [1.165, 1.54) is 9.13 Å². The summed E-state index contributed by atoms with van der Waals surface area (Å²) in [4.78, 5) is 0. The van der Waals surface area contributed by atoms with E-state index in [-0.39, 0.29) is 38.7 Å². The van der Waals surface area contributed by atoms with E-state index in [2.05, 4.69) is 0 Å². The summed E-state index contributed by atoms with van der Waals surface area (Å²) >= 11 is 0. The summed E-state index contributed by atoms with van der Waals surface area (Å²) in [7, 11) is 0. The Morgan fingerprint density at radius 3 is 1.84 bits per heavy atom. The Bertz CT molecular complexity index is 2970. The smallest absolute Gasteiger partial charge is 0.0651 e. The van der Waals surface area contributed by atoms with Crippen molar-refractivity contribution in [3.8, 4) is 22.5 Å². The number of rotatable bonds is 3. The first-order valence-corrected chi connectivity index (χ1v) is 11.7. The average molecular weight is 502 g/mol. The quantitative estimate of drug-likeness (QED) is 0.228. The van der Waals surface area contributed by atoms with E-state index in [0.29, 0.717) is 16.3 Å². The molecule has 2 heteroatoms. The van der Waals surface area contributed by atoms with E-state index in [4.69, 9.17) is 21.9 Å². The number of para-hydroxylation sites is 3. The van der Waals surface area contributed by atoms with E-state index in [1.807, 2.05) is 0 Å². The summed E-state index contributed by atoms with van der Waals surface area (Å²) < 4.78 is 150. The summed E-state index contributed by atoms with van der Waals surface area (Å²) in [5.74, 6) is 0. The van der Waals surface area contributed by atoms with Gasteiger partial charge in [-0.2, -0.15) is 0 Å². The van der Waals surface area contributed by atoms with Crippen molar-refractivity contribution in [3.05, 3.63) is 145 Å². The molecule has 2 heterocycles. The van der Waals surface area contributed by atoms with Gasteiger partial charge in [0.15, 0.2) is 0 Å². The summed E-state index contributed by atoms with van der Waals surface area (Å²) in [6.45, 7) is 0. The maximum Gasteiger partial charge on any atom is 0.0651 e. The molecule has 0 radical (unpaired) electrons. The average Bonchev–Trinajstić information content (AvgIpc) is 3.70. The molecular weight excluding hydrogens is 460 g/mol. The Kier molecular flexibility index (Phi) is 2.24. The van der Waals surface area contributed by atoms with Crippen molar-refractivity contribution in [2.45, 2.75) is 0 Å². The molecule has 0 spiro atoms. The monoisotopic (exact) mass is 501 g/mol. The van der Waals surface area contributed by atoms with Crippen molar-refractivity contribution in [2.24, 2.45) is 0 Å². The van der Waals surface area contributed by atoms with E-state index in [0.717, 1.165) is 0 Å². The van der Waals surface area contributed by atoms with Gasteiger partial charge < -0.3 is 9.13 Å². The van der Waals surface area contributed by atoms with Gasteiger partial charge in [0.05, 0.1) is 45.4 Å². The first-order chi connectivity index (χ1) is 25.9. The van der Waals surface area contributed by atoms with Gasteiger partial charge >= 0.3 is 0 Å². The van der Waals surface area contributed by atoms with Crippen LogP contribution in [0, 0.1) is 0 Å². The largest absolute Gasteiger partial charge is 0.309 e. The second-order valence-corrected chi connectivity index (χ2v) is 8.56. The molecule has 38 heavy (non-hydrogen) atoms. The molecule has 0 bridgehead atoms. The molecule has 0 N–H and O–H groups in total. The Morgan fingerprint density at radius 2 is 1.05 bits per heavy atom. The summed E-state index contributed by atoms with van der Waals surface area (Å²) in [5, 5.41) is 0.917. The third-order valence-corrected chi connectivity index (χ3v) is 6.53. The Hall–Kier alpha value is -5.08. The second-order valence-electron chi connectivity index (χ2n) is 8.56. The number of hydrogen-bond donors (Lipinski definition) is 0. The third-order valence-electron chi connectivity index (χ3n) is 6.53. The van der Waals surface area contributed by atoms with Crippen LogP contribution < -0.4 is 0 Å². The molecule has 0 fully saturated rings. The van der Waals surface area contributed by atoms with Crippen LogP contribution in [0.2, 0.25) is 0 Å². The summed E-state index contributed by atoms with van der Waals surface area (Å²) in [6, 6.07) is 1.35. The molecule has 0 atom stereocenters. The highest BCUT2D eigenvalue weighted by Gasteiger charge is 2.16. The van der Waals surface area contributed by atoms with Gasteiger partial charge in [-0.3, -0.25) is 0 Å². The van der Waals surface area contributed by atoms with Gasteiger partial charge in [0.25, 0.3) is 0 Å². The topological polar surface area (TPSA) is 9.86 Å². The van der Waals surface area contributed by atoms with Crippen LogP contribution in [-0.2, 0) is 0 Å². The van der Waals surface area contributed by atoms with Crippen molar-refractivity contribution in [2.75, 3.05) is 0 Å². The number of aromatic nitrogens is 2. The van der Waals surface area contributed by atoms with Gasteiger partial charge in [-0.05, 0) is 53.5 Å². The fraction of sp³-hybridized carbons (Fsp3) is 0. The molecular formula is C36H24N2. The lowest BCUT2D eigenvalue weighted by atomic mass is 10.1. The van der Waals surface area contributed by atoms with Gasteiger partial charge in [0, 0.05) is 32.9 Å². The van der Waals surface area contributed by atoms with E-state index < -0.39 is 114 Å². The highest BCUT2D eigenvalue weighted by Crippen LogP contribution is 2.37. The van der Waals surface area contributed by atoms with Gasteiger partial charge in [0.2, 0.25) is 0 Å². The van der Waals surface area contributed by atoms with Crippen LogP contribution in [-0.4, -0.2) is 9.13 Å². The van der Waals surface area contributed by atoms with Gasteiger partial charge in [0.1, 0.15) is 0 Å². The standard InChI is InChI=1S/C36H24N2/c1-2-11-25(12-3-1)26-13-10-14-27(23-26)38-35-20-9-6-17-31(35)32-22-21-28(24-36(32)38)37-33-18-7-4-15-29(33)30-16-5-8-19-34(30)37/h1-24H/i1D,2D,3D,4D,5D,7D,8D,10D,11D,12D,13D,14D,15D,16D,18D,19D,23D. The van der Waals surface area contributed by atoms with E-state index >= 15 is 0 Å². The van der Waals surface area contributed by atoms with Crippen LogP contribution >= 0.6 is 0 Å². The zero-order chi connectivity index (χ0) is 39.8. The molecule has 0 unspecified atom stereocenters. The van der Waals surface area contributed by atoms with E-state index in [1.54, 1.807) is 42.5 Å². The summed E-state index contributed by atoms with van der Waals surface area (Å²) in [5.41, 5.74) is -0.541.